The molecule has 0 bridgehead atoms. The number of rotatable bonds is 5. The van der Waals surface area contributed by atoms with Gasteiger partial charge in [0, 0.05) is 11.8 Å². The molecule has 0 radical (unpaired) electrons. The summed E-state index contributed by atoms with van der Waals surface area (Å²) in [6, 6.07) is 10.8. The summed E-state index contributed by atoms with van der Waals surface area (Å²) in [5.41, 5.74) is 3.07. The van der Waals surface area contributed by atoms with E-state index < -0.39 is 16.8 Å². The zero-order valence-electron chi connectivity index (χ0n) is 16.1. The number of aromatic nitrogens is 4. The molecule has 4 aromatic rings. The van der Waals surface area contributed by atoms with Crippen LogP contribution < -0.4 is 9.46 Å². The van der Waals surface area contributed by atoms with Gasteiger partial charge in [0.05, 0.1) is 23.9 Å². The van der Waals surface area contributed by atoms with E-state index in [1.165, 1.54) is 31.4 Å². The van der Waals surface area contributed by atoms with Crippen LogP contribution in [-0.4, -0.2) is 30.9 Å². The highest BCUT2D eigenvalue weighted by Gasteiger charge is 2.13. The Bertz CT molecular complexity index is 1310. The maximum Gasteiger partial charge on any atom is 0.238 e. The van der Waals surface area contributed by atoms with E-state index in [0.29, 0.717) is 33.2 Å². The second-order valence-electron chi connectivity index (χ2n) is 6.11. The fraction of sp³-hybridized carbons (Fsp3) is 0.0952. The Morgan fingerprint density at radius 2 is 1.93 bits per heavy atom. The van der Waals surface area contributed by atoms with Crippen LogP contribution in [0.25, 0.3) is 16.9 Å². The molecule has 1 atom stereocenters. The molecular formula is C21H16FN5O2S. The van der Waals surface area contributed by atoms with E-state index in [1.54, 1.807) is 29.9 Å². The number of pyridine rings is 1. The molecule has 0 amide bonds. The third kappa shape index (κ3) is 3.86. The summed E-state index contributed by atoms with van der Waals surface area (Å²) in [5, 5.41) is 4.59. The molecule has 1 N–H and O–H groups in total. The van der Waals surface area contributed by atoms with Gasteiger partial charge < -0.3 is 4.74 Å². The summed E-state index contributed by atoms with van der Waals surface area (Å²) < 4.78 is 35.6. The molecule has 1 unspecified atom stereocenters. The zero-order chi connectivity index (χ0) is 21.1. The summed E-state index contributed by atoms with van der Waals surface area (Å²) in [7, 11) is -0.160. The number of ether oxygens (including phenoxy) is 1. The van der Waals surface area contributed by atoms with Crippen molar-refractivity contribution < 1.29 is 13.3 Å². The number of anilines is 1. The lowest BCUT2D eigenvalue weighted by Crippen LogP contribution is -2.07. The highest BCUT2D eigenvalue weighted by atomic mass is 32.2. The number of methoxy groups -OCH3 is 1. The number of hydrogen-bond acceptors (Lipinski definition) is 5. The number of nitrogens with zero attached hydrogens (tertiary/aromatic N) is 4. The van der Waals surface area contributed by atoms with Crippen molar-refractivity contribution in [2.45, 2.75) is 11.8 Å². The topological polar surface area (TPSA) is 81.4 Å². The van der Waals surface area contributed by atoms with Crippen molar-refractivity contribution in [3.8, 4) is 29.0 Å². The lowest BCUT2D eigenvalue weighted by molar-refractivity contribution is 0.400. The van der Waals surface area contributed by atoms with Crippen LogP contribution in [0.3, 0.4) is 0 Å². The summed E-state index contributed by atoms with van der Waals surface area (Å²) in [6.07, 6.45) is 3.27. The number of benzene rings is 1. The molecule has 7 nitrogen and oxygen atoms in total. The molecule has 3 aromatic heterocycles. The first kappa shape index (κ1) is 19.5. The Labute approximate surface area is 174 Å². The molecule has 4 rings (SSSR count). The van der Waals surface area contributed by atoms with Gasteiger partial charge in [-0.2, -0.15) is 5.10 Å². The van der Waals surface area contributed by atoms with E-state index in [4.69, 9.17) is 4.74 Å². The van der Waals surface area contributed by atoms with E-state index in [-0.39, 0.29) is 5.88 Å². The highest BCUT2D eigenvalue weighted by Crippen LogP contribution is 2.28. The normalized spacial score (nSPS) is 11.6. The van der Waals surface area contributed by atoms with Gasteiger partial charge >= 0.3 is 0 Å². The van der Waals surface area contributed by atoms with Crippen LogP contribution in [0.2, 0.25) is 0 Å². The lowest BCUT2D eigenvalue weighted by atomic mass is 10.2. The van der Waals surface area contributed by atoms with E-state index in [1.807, 2.05) is 12.1 Å². The maximum absolute atomic E-state index is 13.1. The third-order valence-corrected chi connectivity index (χ3v) is 5.29. The van der Waals surface area contributed by atoms with E-state index >= 15 is 0 Å². The lowest BCUT2D eigenvalue weighted by Gasteiger charge is -2.11. The van der Waals surface area contributed by atoms with E-state index in [9.17, 15) is 8.60 Å². The van der Waals surface area contributed by atoms with Crippen LogP contribution in [0.15, 0.2) is 59.8 Å². The Kier molecular flexibility index (Phi) is 5.41. The van der Waals surface area contributed by atoms with Crippen molar-refractivity contribution in [3.63, 3.8) is 0 Å². The van der Waals surface area contributed by atoms with Gasteiger partial charge in [-0.15, -0.1) is 0 Å². The first-order valence-corrected chi connectivity index (χ1v) is 10.00. The largest absolute Gasteiger partial charge is 0.480 e. The molecule has 0 aliphatic rings. The Hall–Kier alpha value is -3.77. The molecular weight excluding hydrogens is 405 g/mol. The number of hydrogen-bond donors (Lipinski definition) is 1. The molecule has 0 fully saturated rings. The third-order valence-electron chi connectivity index (χ3n) is 4.19. The highest BCUT2D eigenvalue weighted by molar-refractivity contribution is 7.86. The molecule has 0 saturated carbocycles. The van der Waals surface area contributed by atoms with Crippen LogP contribution in [0.4, 0.5) is 10.1 Å². The van der Waals surface area contributed by atoms with Gasteiger partial charge in [0.25, 0.3) is 0 Å². The molecule has 9 heteroatoms. The van der Waals surface area contributed by atoms with Crippen molar-refractivity contribution in [1.29, 1.82) is 0 Å². The Morgan fingerprint density at radius 3 is 2.67 bits per heavy atom. The Balaban J connectivity index is 1.71. The minimum Gasteiger partial charge on any atom is -0.480 e. The SMILES string of the molecule is CC#Cc1cnc2ccc(-c3cnc(OC)c(NS(=O)c4ccc(F)cc4)c3)nn12. The molecule has 3 heterocycles. The quantitative estimate of drug-likeness (QED) is 0.499. The van der Waals surface area contributed by atoms with Gasteiger partial charge in [-0.25, -0.2) is 23.1 Å². The second-order valence-corrected chi connectivity index (χ2v) is 7.33. The van der Waals surface area contributed by atoms with Gasteiger partial charge in [0.1, 0.15) is 28.2 Å². The molecule has 0 saturated heterocycles. The monoisotopic (exact) mass is 421 g/mol. The van der Waals surface area contributed by atoms with E-state index in [2.05, 4.69) is 31.6 Å². The van der Waals surface area contributed by atoms with Crippen molar-refractivity contribution >= 4 is 22.3 Å². The maximum atomic E-state index is 13.1. The molecule has 0 aliphatic heterocycles. The van der Waals surface area contributed by atoms with Gasteiger partial charge in [-0.3, -0.25) is 4.72 Å². The van der Waals surface area contributed by atoms with Gasteiger partial charge in [0.2, 0.25) is 5.88 Å². The number of imidazole rings is 1. The van der Waals surface area contributed by atoms with Crippen LogP contribution in [0, 0.1) is 17.7 Å². The fourth-order valence-electron chi connectivity index (χ4n) is 2.79. The standard InChI is InChI=1S/C21H16FN5O2S/c1-3-4-16-13-23-20-10-9-18(25-27(16)20)14-11-19(21(29-2)24-12-14)26-30(28)17-7-5-15(22)6-8-17/h5-13,26H,1-2H3. The Morgan fingerprint density at radius 1 is 1.13 bits per heavy atom. The summed E-state index contributed by atoms with van der Waals surface area (Å²) in [5.74, 6) is 5.67. The molecule has 0 spiro atoms. The number of fused-ring (bicyclic) bond motifs is 1. The average molecular weight is 421 g/mol. The molecule has 30 heavy (non-hydrogen) atoms. The average Bonchev–Trinajstić information content (AvgIpc) is 3.16. The summed E-state index contributed by atoms with van der Waals surface area (Å²) in [4.78, 5) is 8.99. The zero-order valence-corrected chi connectivity index (χ0v) is 16.9. The van der Waals surface area contributed by atoms with Crippen molar-refractivity contribution in [3.05, 3.63) is 66.4 Å². The van der Waals surface area contributed by atoms with Crippen molar-refractivity contribution in [2.24, 2.45) is 0 Å². The van der Waals surface area contributed by atoms with Crippen LogP contribution in [0.5, 0.6) is 5.88 Å². The summed E-state index contributed by atoms with van der Waals surface area (Å²) in [6.45, 7) is 1.75. The first-order valence-electron chi connectivity index (χ1n) is 8.85. The summed E-state index contributed by atoms with van der Waals surface area (Å²) >= 11 is 0. The smallest absolute Gasteiger partial charge is 0.238 e. The van der Waals surface area contributed by atoms with Gasteiger partial charge in [-0.05, 0) is 55.3 Å². The second kappa shape index (κ2) is 8.31. The van der Waals surface area contributed by atoms with Crippen molar-refractivity contribution in [2.75, 3.05) is 11.8 Å². The molecule has 150 valence electrons. The predicted octanol–water partition coefficient (Wildman–Crippen LogP) is 3.45. The van der Waals surface area contributed by atoms with Crippen LogP contribution >= 0.6 is 0 Å². The number of nitrogens with one attached hydrogen (secondary N) is 1. The van der Waals surface area contributed by atoms with E-state index in [0.717, 1.165) is 0 Å². The van der Waals surface area contributed by atoms with Crippen molar-refractivity contribution in [1.82, 2.24) is 19.6 Å². The minimum absolute atomic E-state index is 0.274. The molecule has 1 aromatic carbocycles. The van der Waals surface area contributed by atoms with Crippen LogP contribution in [-0.2, 0) is 11.0 Å². The first-order chi connectivity index (χ1) is 14.6. The predicted molar refractivity (Wildman–Crippen MR) is 112 cm³/mol. The van der Waals surface area contributed by atoms with Gasteiger partial charge in [0.15, 0.2) is 5.65 Å². The molecule has 0 aliphatic carbocycles. The minimum atomic E-state index is -1.63. The van der Waals surface area contributed by atoms with Crippen LogP contribution in [0.1, 0.15) is 12.6 Å². The van der Waals surface area contributed by atoms with Gasteiger partial charge in [-0.1, -0.05) is 5.92 Å². The number of halogens is 1. The fourth-order valence-corrected chi connectivity index (χ4v) is 3.63.